The minimum Gasteiger partial charge on any atom is -0.489 e. The van der Waals surface area contributed by atoms with Gasteiger partial charge in [0, 0.05) is 6.20 Å². The van der Waals surface area contributed by atoms with Crippen molar-refractivity contribution in [3.8, 4) is 5.75 Å². The van der Waals surface area contributed by atoms with Crippen LogP contribution in [0.3, 0.4) is 0 Å². The van der Waals surface area contributed by atoms with Crippen molar-refractivity contribution in [2.24, 2.45) is 0 Å². The summed E-state index contributed by atoms with van der Waals surface area (Å²) in [6.07, 6.45) is 0.876. The summed E-state index contributed by atoms with van der Waals surface area (Å²) >= 11 is 5.93. The summed E-state index contributed by atoms with van der Waals surface area (Å²) in [6.45, 7) is 0.126. The molecule has 1 atom stereocenters. The fourth-order valence-electron chi connectivity index (χ4n) is 1.39. The number of benzene rings is 1. The molecule has 0 aliphatic carbocycles. The van der Waals surface area contributed by atoms with E-state index >= 15 is 0 Å². The highest BCUT2D eigenvalue weighted by Crippen LogP contribution is 2.24. The van der Waals surface area contributed by atoms with E-state index in [1.54, 1.807) is 30.5 Å². The van der Waals surface area contributed by atoms with Gasteiger partial charge in [0.05, 0.1) is 10.7 Å². The van der Waals surface area contributed by atoms with Crippen molar-refractivity contribution in [3.05, 3.63) is 59.4 Å². The van der Waals surface area contributed by atoms with E-state index in [0.717, 1.165) is 0 Å². The molecule has 0 amide bonds. The lowest BCUT2D eigenvalue weighted by molar-refractivity contribution is 0.105. The van der Waals surface area contributed by atoms with Crippen molar-refractivity contribution in [1.82, 2.24) is 4.98 Å². The van der Waals surface area contributed by atoms with Crippen LogP contribution in [0.4, 0.5) is 0 Å². The Morgan fingerprint density at radius 2 is 1.89 bits per heavy atom. The van der Waals surface area contributed by atoms with Gasteiger partial charge >= 0.3 is 0 Å². The van der Waals surface area contributed by atoms with Crippen LogP contribution < -0.4 is 4.74 Å². The lowest BCUT2D eigenvalue weighted by atomic mass is 10.2. The van der Waals surface area contributed by atoms with E-state index < -0.39 is 6.10 Å². The number of rotatable bonds is 4. The molecule has 2 aromatic rings. The van der Waals surface area contributed by atoms with Gasteiger partial charge in [-0.3, -0.25) is 4.98 Å². The Morgan fingerprint density at radius 1 is 1.17 bits per heavy atom. The second kappa shape index (κ2) is 7.21. The molecule has 0 radical (unpaired) electrons. The molecule has 1 N–H and O–H groups in total. The van der Waals surface area contributed by atoms with E-state index in [9.17, 15) is 5.11 Å². The van der Waals surface area contributed by atoms with Gasteiger partial charge < -0.3 is 9.84 Å². The largest absolute Gasteiger partial charge is 0.489 e. The Kier molecular flexibility index (Phi) is 5.92. The Morgan fingerprint density at radius 3 is 2.56 bits per heavy atom. The molecular formula is C13H13Cl2NO2. The quantitative estimate of drug-likeness (QED) is 0.938. The number of hydrogen-bond donors (Lipinski definition) is 1. The molecular weight excluding hydrogens is 273 g/mol. The average molecular weight is 286 g/mol. The average Bonchev–Trinajstić information content (AvgIpc) is 2.38. The first-order chi connectivity index (χ1) is 8.27. The van der Waals surface area contributed by atoms with Crippen molar-refractivity contribution in [3.63, 3.8) is 0 Å². The van der Waals surface area contributed by atoms with Crippen LogP contribution in [0, 0.1) is 0 Å². The van der Waals surface area contributed by atoms with Crippen molar-refractivity contribution < 1.29 is 9.84 Å². The summed E-state index contributed by atoms with van der Waals surface area (Å²) in [6, 6.07) is 12.5. The lowest BCUT2D eigenvalue weighted by Crippen LogP contribution is -2.11. The molecule has 0 bridgehead atoms. The van der Waals surface area contributed by atoms with E-state index in [2.05, 4.69) is 4.98 Å². The summed E-state index contributed by atoms with van der Waals surface area (Å²) in [7, 11) is 0. The molecule has 0 fully saturated rings. The van der Waals surface area contributed by atoms with E-state index in [4.69, 9.17) is 16.3 Å². The fourth-order valence-corrected chi connectivity index (χ4v) is 1.58. The summed E-state index contributed by atoms with van der Waals surface area (Å²) in [5.41, 5.74) is 0.583. The molecule has 5 heteroatoms. The van der Waals surface area contributed by atoms with E-state index in [-0.39, 0.29) is 19.0 Å². The number of para-hydroxylation sites is 1. The topological polar surface area (TPSA) is 42.4 Å². The maximum absolute atomic E-state index is 9.84. The Balaban J connectivity index is 0.00000162. The summed E-state index contributed by atoms with van der Waals surface area (Å²) in [5.74, 6) is 0.559. The van der Waals surface area contributed by atoms with Gasteiger partial charge in [-0.15, -0.1) is 12.4 Å². The fraction of sp³-hybridized carbons (Fsp3) is 0.154. The Labute approximate surface area is 117 Å². The zero-order valence-corrected chi connectivity index (χ0v) is 11.1. The predicted molar refractivity (Wildman–Crippen MR) is 73.4 cm³/mol. The highest BCUT2D eigenvalue weighted by atomic mass is 35.5. The molecule has 0 saturated heterocycles. The number of aliphatic hydroxyl groups is 1. The molecule has 1 heterocycles. The first kappa shape index (κ1) is 14.8. The number of hydrogen-bond acceptors (Lipinski definition) is 3. The molecule has 0 aliphatic rings. The summed E-state index contributed by atoms with van der Waals surface area (Å²) in [5, 5.41) is 10.4. The zero-order valence-electron chi connectivity index (χ0n) is 9.49. The third-order valence-electron chi connectivity index (χ3n) is 2.26. The van der Waals surface area contributed by atoms with Gasteiger partial charge in [0.1, 0.15) is 18.5 Å². The van der Waals surface area contributed by atoms with Gasteiger partial charge in [-0.2, -0.15) is 0 Å². The molecule has 0 aliphatic heterocycles. The molecule has 18 heavy (non-hydrogen) atoms. The number of halogens is 2. The normalized spacial score (nSPS) is 11.4. The molecule has 1 aromatic carbocycles. The minimum atomic E-state index is -0.757. The molecule has 1 aromatic heterocycles. The van der Waals surface area contributed by atoms with Crippen LogP contribution in [0.15, 0.2) is 48.7 Å². The smallest absolute Gasteiger partial charge is 0.138 e. The predicted octanol–water partition coefficient (Wildman–Crippen LogP) is 3.27. The van der Waals surface area contributed by atoms with E-state index in [1.165, 1.54) is 0 Å². The van der Waals surface area contributed by atoms with Crippen molar-refractivity contribution in [1.29, 1.82) is 0 Å². The van der Waals surface area contributed by atoms with Gasteiger partial charge in [-0.25, -0.2) is 0 Å². The van der Waals surface area contributed by atoms with Gasteiger partial charge in [-0.05, 0) is 24.3 Å². The first-order valence-corrected chi connectivity index (χ1v) is 5.61. The van der Waals surface area contributed by atoms with Gasteiger partial charge in [0.15, 0.2) is 0 Å². The van der Waals surface area contributed by atoms with Crippen molar-refractivity contribution in [2.45, 2.75) is 6.10 Å². The lowest BCUT2D eigenvalue weighted by Gasteiger charge is -2.12. The number of pyridine rings is 1. The van der Waals surface area contributed by atoms with Crippen LogP contribution in [-0.2, 0) is 0 Å². The summed E-state index contributed by atoms with van der Waals surface area (Å²) in [4.78, 5) is 4.05. The van der Waals surface area contributed by atoms with Crippen LogP contribution in [0.1, 0.15) is 11.8 Å². The van der Waals surface area contributed by atoms with Gasteiger partial charge in [0.25, 0.3) is 0 Å². The summed E-state index contributed by atoms with van der Waals surface area (Å²) < 4.78 is 5.43. The second-order valence-electron chi connectivity index (χ2n) is 3.51. The highest BCUT2D eigenvalue weighted by molar-refractivity contribution is 6.32. The Bertz CT molecular complexity index is 479. The minimum absolute atomic E-state index is 0. The van der Waals surface area contributed by atoms with Crippen LogP contribution in [0.25, 0.3) is 0 Å². The maximum Gasteiger partial charge on any atom is 0.138 e. The van der Waals surface area contributed by atoms with Gasteiger partial charge in [0.2, 0.25) is 0 Å². The number of aliphatic hydroxyl groups excluding tert-OH is 1. The zero-order chi connectivity index (χ0) is 12.1. The van der Waals surface area contributed by atoms with E-state index in [0.29, 0.717) is 16.5 Å². The third-order valence-corrected chi connectivity index (χ3v) is 2.57. The number of nitrogens with zero attached hydrogens (tertiary/aromatic N) is 1. The van der Waals surface area contributed by atoms with Gasteiger partial charge in [-0.1, -0.05) is 29.8 Å². The monoisotopic (exact) mass is 285 g/mol. The third kappa shape index (κ3) is 3.88. The van der Waals surface area contributed by atoms with Crippen LogP contribution in [0.2, 0.25) is 5.02 Å². The molecule has 0 saturated carbocycles. The van der Waals surface area contributed by atoms with Crippen LogP contribution in [0.5, 0.6) is 5.75 Å². The first-order valence-electron chi connectivity index (χ1n) is 5.23. The standard InChI is InChI=1S/C13H12ClNO2.ClH/c14-10-5-1-2-7-13(10)17-9-12(16)11-6-3-4-8-15-11;/h1-8,12,16H,9H2;1H. The molecule has 2 rings (SSSR count). The molecule has 3 nitrogen and oxygen atoms in total. The number of ether oxygens (including phenoxy) is 1. The van der Waals surface area contributed by atoms with Crippen LogP contribution >= 0.6 is 24.0 Å². The molecule has 96 valence electrons. The Hall–Kier alpha value is -1.29. The number of aromatic nitrogens is 1. The van der Waals surface area contributed by atoms with Crippen molar-refractivity contribution in [2.75, 3.05) is 6.61 Å². The second-order valence-corrected chi connectivity index (χ2v) is 3.92. The van der Waals surface area contributed by atoms with E-state index in [1.807, 2.05) is 18.2 Å². The maximum atomic E-state index is 9.84. The van der Waals surface area contributed by atoms with Crippen LogP contribution in [-0.4, -0.2) is 16.7 Å². The SMILES string of the molecule is Cl.OC(COc1ccccc1Cl)c1ccccn1. The molecule has 0 spiro atoms. The van der Waals surface area contributed by atoms with Crippen molar-refractivity contribution >= 4 is 24.0 Å². The molecule has 1 unspecified atom stereocenters. The highest BCUT2D eigenvalue weighted by Gasteiger charge is 2.10.